The number of benzene rings is 2. The molecular formula is C21H21N3O. The third-order valence-corrected chi connectivity index (χ3v) is 4.14. The van der Waals surface area contributed by atoms with Crippen molar-refractivity contribution in [2.45, 2.75) is 26.7 Å². The van der Waals surface area contributed by atoms with Gasteiger partial charge < -0.3 is 5.73 Å². The van der Waals surface area contributed by atoms with Crippen LogP contribution in [0.15, 0.2) is 55.0 Å². The third-order valence-electron chi connectivity index (χ3n) is 4.14. The van der Waals surface area contributed by atoms with Gasteiger partial charge in [0.1, 0.15) is 0 Å². The molecule has 4 heteroatoms. The second-order valence-corrected chi connectivity index (χ2v) is 6.31. The molecule has 0 atom stereocenters. The molecule has 1 aromatic heterocycles. The Hall–Kier alpha value is -3.01. The molecule has 0 saturated carbocycles. The van der Waals surface area contributed by atoms with E-state index in [0.29, 0.717) is 12.8 Å². The monoisotopic (exact) mass is 331 g/mol. The number of hydrogen-bond acceptors (Lipinski definition) is 3. The highest BCUT2D eigenvalue weighted by molar-refractivity contribution is 5.77. The van der Waals surface area contributed by atoms with Crippen molar-refractivity contribution in [3.63, 3.8) is 0 Å². The van der Waals surface area contributed by atoms with Gasteiger partial charge in [-0.15, -0.1) is 0 Å². The highest BCUT2D eigenvalue weighted by atomic mass is 16.1. The predicted molar refractivity (Wildman–Crippen MR) is 99.9 cm³/mol. The van der Waals surface area contributed by atoms with Crippen LogP contribution >= 0.6 is 0 Å². The maximum atomic E-state index is 11.3. The molecule has 2 N–H and O–H groups in total. The van der Waals surface area contributed by atoms with Crippen molar-refractivity contribution in [3.8, 4) is 22.4 Å². The second-order valence-electron chi connectivity index (χ2n) is 6.31. The molecule has 0 radical (unpaired) electrons. The molecule has 0 unspecified atom stereocenters. The maximum Gasteiger partial charge on any atom is 0.217 e. The molecule has 1 amide bonds. The maximum absolute atomic E-state index is 11.3. The average Bonchev–Trinajstić information content (AvgIpc) is 2.59. The van der Waals surface area contributed by atoms with Gasteiger partial charge in [-0.25, -0.2) is 0 Å². The van der Waals surface area contributed by atoms with E-state index in [0.717, 1.165) is 27.9 Å². The van der Waals surface area contributed by atoms with Crippen molar-refractivity contribution < 1.29 is 4.79 Å². The SMILES string of the molecule is Cc1cc(C)cc(-c2ccc(-c3cnccn3)cc2CCC(N)=O)c1. The topological polar surface area (TPSA) is 68.9 Å². The van der Waals surface area contributed by atoms with Crippen LogP contribution in [-0.2, 0) is 11.2 Å². The Bertz CT molecular complexity index is 884. The Morgan fingerprint density at radius 1 is 1.00 bits per heavy atom. The predicted octanol–water partition coefficient (Wildman–Crippen LogP) is 3.85. The zero-order valence-electron chi connectivity index (χ0n) is 14.5. The van der Waals surface area contributed by atoms with Crippen LogP contribution in [-0.4, -0.2) is 15.9 Å². The van der Waals surface area contributed by atoms with Crippen LogP contribution < -0.4 is 5.73 Å². The Kier molecular flexibility index (Phi) is 4.89. The lowest BCUT2D eigenvalue weighted by Gasteiger charge is -2.13. The summed E-state index contributed by atoms with van der Waals surface area (Å²) in [5.74, 6) is -0.295. The Balaban J connectivity index is 2.09. The van der Waals surface area contributed by atoms with Gasteiger partial charge in [-0.1, -0.05) is 41.5 Å². The molecule has 126 valence electrons. The van der Waals surface area contributed by atoms with E-state index in [1.807, 2.05) is 6.07 Å². The first-order chi connectivity index (χ1) is 12.0. The van der Waals surface area contributed by atoms with E-state index in [4.69, 9.17) is 5.73 Å². The van der Waals surface area contributed by atoms with Gasteiger partial charge in [-0.05, 0) is 43.0 Å². The number of nitrogens with two attached hydrogens (primary N) is 1. The van der Waals surface area contributed by atoms with Crippen LogP contribution in [0.1, 0.15) is 23.1 Å². The Labute approximate surface area is 147 Å². The molecule has 0 spiro atoms. The molecule has 4 nitrogen and oxygen atoms in total. The van der Waals surface area contributed by atoms with E-state index in [9.17, 15) is 4.79 Å². The minimum absolute atomic E-state index is 0.295. The number of primary amides is 1. The summed E-state index contributed by atoms with van der Waals surface area (Å²) in [6.45, 7) is 4.18. The normalized spacial score (nSPS) is 10.6. The van der Waals surface area contributed by atoms with E-state index in [-0.39, 0.29) is 5.91 Å². The lowest BCUT2D eigenvalue weighted by atomic mass is 9.92. The molecule has 25 heavy (non-hydrogen) atoms. The summed E-state index contributed by atoms with van der Waals surface area (Å²) in [4.78, 5) is 19.8. The van der Waals surface area contributed by atoms with E-state index in [2.05, 4.69) is 54.1 Å². The number of nitrogens with zero attached hydrogens (tertiary/aromatic N) is 2. The van der Waals surface area contributed by atoms with Crippen LogP contribution in [0.3, 0.4) is 0 Å². The highest BCUT2D eigenvalue weighted by Crippen LogP contribution is 2.30. The Morgan fingerprint density at radius 2 is 1.76 bits per heavy atom. The number of hydrogen-bond donors (Lipinski definition) is 1. The van der Waals surface area contributed by atoms with E-state index in [1.165, 1.54) is 11.1 Å². The minimum atomic E-state index is -0.295. The molecule has 2 aromatic carbocycles. The standard InChI is InChI=1S/C21H21N3O/c1-14-9-15(2)11-18(10-14)19-5-3-17(20-13-23-7-8-24-20)12-16(19)4-6-21(22)25/h3,5,7-13H,4,6H2,1-2H3,(H2,22,25). The van der Waals surface area contributed by atoms with Crippen molar-refractivity contribution in [1.82, 2.24) is 9.97 Å². The van der Waals surface area contributed by atoms with Gasteiger partial charge >= 0.3 is 0 Å². The zero-order valence-corrected chi connectivity index (χ0v) is 14.5. The first-order valence-electron chi connectivity index (χ1n) is 8.29. The second kappa shape index (κ2) is 7.26. The first kappa shape index (κ1) is 16.8. The summed E-state index contributed by atoms with van der Waals surface area (Å²) in [7, 11) is 0. The zero-order chi connectivity index (χ0) is 17.8. The van der Waals surface area contributed by atoms with Gasteiger partial charge in [0.2, 0.25) is 5.91 Å². The molecule has 0 aliphatic heterocycles. The lowest BCUT2D eigenvalue weighted by molar-refractivity contribution is -0.117. The summed E-state index contributed by atoms with van der Waals surface area (Å²) in [5, 5.41) is 0. The van der Waals surface area contributed by atoms with Crippen molar-refractivity contribution in [2.75, 3.05) is 0 Å². The molecule has 0 saturated heterocycles. The molecule has 0 aliphatic rings. The van der Waals surface area contributed by atoms with Gasteiger partial charge in [0.05, 0.1) is 11.9 Å². The van der Waals surface area contributed by atoms with Crippen molar-refractivity contribution in [2.24, 2.45) is 5.73 Å². The van der Waals surface area contributed by atoms with E-state index in [1.54, 1.807) is 18.6 Å². The van der Waals surface area contributed by atoms with Crippen LogP contribution in [0.2, 0.25) is 0 Å². The van der Waals surface area contributed by atoms with Crippen molar-refractivity contribution in [1.29, 1.82) is 0 Å². The summed E-state index contributed by atoms with van der Waals surface area (Å²) in [6.07, 6.45) is 5.99. The summed E-state index contributed by atoms with van der Waals surface area (Å²) < 4.78 is 0. The van der Waals surface area contributed by atoms with Gasteiger partial charge in [0.25, 0.3) is 0 Å². The van der Waals surface area contributed by atoms with Crippen LogP contribution in [0.4, 0.5) is 0 Å². The van der Waals surface area contributed by atoms with Gasteiger partial charge in [-0.2, -0.15) is 0 Å². The molecule has 3 rings (SSSR count). The Morgan fingerprint density at radius 3 is 2.40 bits per heavy atom. The smallest absolute Gasteiger partial charge is 0.217 e. The molecule has 0 bridgehead atoms. The van der Waals surface area contributed by atoms with E-state index >= 15 is 0 Å². The van der Waals surface area contributed by atoms with Crippen molar-refractivity contribution in [3.05, 3.63) is 71.7 Å². The number of carbonyl (C=O) groups excluding carboxylic acids is 1. The van der Waals surface area contributed by atoms with Gasteiger partial charge in [0, 0.05) is 24.4 Å². The molecule has 0 fully saturated rings. The van der Waals surface area contributed by atoms with Crippen LogP contribution in [0.25, 0.3) is 22.4 Å². The fourth-order valence-electron chi connectivity index (χ4n) is 3.08. The highest BCUT2D eigenvalue weighted by Gasteiger charge is 2.10. The van der Waals surface area contributed by atoms with Crippen LogP contribution in [0, 0.1) is 13.8 Å². The molecule has 3 aromatic rings. The summed E-state index contributed by atoms with van der Waals surface area (Å²) in [5.41, 5.74) is 13.0. The summed E-state index contributed by atoms with van der Waals surface area (Å²) in [6, 6.07) is 12.7. The van der Waals surface area contributed by atoms with Crippen LogP contribution in [0.5, 0.6) is 0 Å². The number of amides is 1. The average molecular weight is 331 g/mol. The number of carbonyl (C=O) groups is 1. The molecule has 1 heterocycles. The first-order valence-corrected chi connectivity index (χ1v) is 8.29. The number of aromatic nitrogens is 2. The quantitative estimate of drug-likeness (QED) is 0.772. The summed E-state index contributed by atoms with van der Waals surface area (Å²) >= 11 is 0. The van der Waals surface area contributed by atoms with Gasteiger partial charge in [0.15, 0.2) is 0 Å². The number of aryl methyl sites for hydroxylation is 3. The third kappa shape index (κ3) is 4.10. The van der Waals surface area contributed by atoms with Crippen molar-refractivity contribution >= 4 is 5.91 Å². The molecule has 0 aliphatic carbocycles. The fraction of sp³-hybridized carbons (Fsp3) is 0.190. The number of rotatable bonds is 5. The lowest BCUT2D eigenvalue weighted by Crippen LogP contribution is -2.11. The van der Waals surface area contributed by atoms with E-state index < -0.39 is 0 Å². The largest absolute Gasteiger partial charge is 0.370 e. The van der Waals surface area contributed by atoms with Gasteiger partial charge in [-0.3, -0.25) is 14.8 Å². The molecular weight excluding hydrogens is 310 g/mol. The minimum Gasteiger partial charge on any atom is -0.370 e. The fourth-order valence-corrected chi connectivity index (χ4v) is 3.08.